The third kappa shape index (κ3) is 5.26. The number of carbonyl (C=O) groups is 1. The Morgan fingerprint density at radius 2 is 1.89 bits per heavy atom. The maximum atomic E-state index is 14.2. The number of rotatable bonds is 6. The Balaban J connectivity index is 1.28. The fraction of sp³-hybridized carbons (Fsp3) is 0.280. The first-order chi connectivity index (χ1) is 17.4. The van der Waals surface area contributed by atoms with Crippen LogP contribution in [0.4, 0.5) is 31.2 Å². The van der Waals surface area contributed by atoms with E-state index in [0.29, 0.717) is 27.1 Å². The van der Waals surface area contributed by atoms with E-state index in [0.717, 1.165) is 44.4 Å². The number of thiazole rings is 1. The molecule has 0 spiro atoms. The molecule has 5 rings (SSSR count). The standard InChI is InChI=1S/C25H25F2N7OS/c1-16(35)34-11-9-33(10-12-34)15-17-7-8-28-22(13-17)30-25-29-20-4-6-23(31-24(20)36-25)32(2)21-5-3-18(26)14-19(21)27/h3-8,13-14H,9-12,15H2,1-2H3,(H,28,29,30). The lowest BCUT2D eigenvalue weighted by Crippen LogP contribution is -2.47. The molecule has 0 unspecified atom stereocenters. The van der Waals surface area contributed by atoms with Gasteiger partial charge in [-0.3, -0.25) is 9.69 Å². The van der Waals surface area contributed by atoms with E-state index in [1.54, 1.807) is 31.1 Å². The number of fused-ring (bicyclic) bond motifs is 1. The van der Waals surface area contributed by atoms with E-state index in [2.05, 4.69) is 25.2 Å². The van der Waals surface area contributed by atoms with Crippen LogP contribution in [0.1, 0.15) is 12.5 Å². The normalized spacial score (nSPS) is 14.3. The molecule has 1 N–H and O–H groups in total. The third-order valence-electron chi connectivity index (χ3n) is 6.14. The number of nitrogens with one attached hydrogen (secondary N) is 1. The predicted molar refractivity (Wildman–Crippen MR) is 137 cm³/mol. The van der Waals surface area contributed by atoms with Gasteiger partial charge in [-0.1, -0.05) is 11.3 Å². The van der Waals surface area contributed by atoms with Crippen LogP contribution in [0.25, 0.3) is 10.3 Å². The number of anilines is 4. The van der Waals surface area contributed by atoms with Crippen molar-refractivity contribution in [3.8, 4) is 0 Å². The zero-order chi connectivity index (χ0) is 25.2. The number of hydrogen-bond donors (Lipinski definition) is 1. The number of amides is 1. The van der Waals surface area contributed by atoms with Crippen molar-refractivity contribution in [3.05, 3.63) is 65.9 Å². The predicted octanol–water partition coefficient (Wildman–Crippen LogP) is 4.54. The highest BCUT2D eigenvalue weighted by molar-refractivity contribution is 7.21. The van der Waals surface area contributed by atoms with Crippen molar-refractivity contribution in [2.75, 3.05) is 43.4 Å². The van der Waals surface area contributed by atoms with Gasteiger partial charge in [-0.2, -0.15) is 0 Å². The van der Waals surface area contributed by atoms with Gasteiger partial charge in [0.15, 0.2) is 5.13 Å². The molecule has 1 aliphatic heterocycles. The molecule has 0 bridgehead atoms. The molecule has 11 heteroatoms. The van der Waals surface area contributed by atoms with E-state index in [-0.39, 0.29) is 11.6 Å². The molecule has 0 saturated carbocycles. The molecule has 4 aromatic rings. The Morgan fingerprint density at radius 1 is 1.08 bits per heavy atom. The maximum absolute atomic E-state index is 14.2. The minimum Gasteiger partial charge on any atom is -0.340 e. The number of hydrogen-bond acceptors (Lipinski definition) is 8. The van der Waals surface area contributed by atoms with Crippen molar-refractivity contribution < 1.29 is 13.6 Å². The summed E-state index contributed by atoms with van der Waals surface area (Å²) in [5.41, 5.74) is 2.06. The molecule has 1 aromatic carbocycles. The number of benzene rings is 1. The summed E-state index contributed by atoms with van der Waals surface area (Å²) in [5.74, 6) is 0.0434. The molecule has 1 fully saturated rings. The minimum atomic E-state index is -0.655. The lowest BCUT2D eigenvalue weighted by atomic mass is 10.2. The number of halogens is 2. The van der Waals surface area contributed by atoms with Crippen LogP contribution in [0.2, 0.25) is 0 Å². The summed E-state index contributed by atoms with van der Waals surface area (Å²) in [6.45, 7) is 5.56. The number of nitrogens with zero attached hydrogens (tertiary/aromatic N) is 6. The van der Waals surface area contributed by atoms with Crippen molar-refractivity contribution in [1.29, 1.82) is 0 Å². The summed E-state index contributed by atoms with van der Waals surface area (Å²) < 4.78 is 27.5. The average molecular weight is 510 g/mol. The summed E-state index contributed by atoms with van der Waals surface area (Å²) >= 11 is 1.37. The van der Waals surface area contributed by atoms with E-state index in [1.165, 1.54) is 23.5 Å². The molecule has 36 heavy (non-hydrogen) atoms. The van der Waals surface area contributed by atoms with Crippen LogP contribution < -0.4 is 10.2 Å². The summed E-state index contributed by atoms with van der Waals surface area (Å²) in [7, 11) is 1.68. The van der Waals surface area contributed by atoms with E-state index in [4.69, 9.17) is 0 Å². The summed E-state index contributed by atoms with van der Waals surface area (Å²) in [6.07, 6.45) is 1.76. The Labute approximate surface area is 211 Å². The summed E-state index contributed by atoms with van der Waals surface area (Å²) in [4.78, 5) is 31.6. The number of carbonyl (C=O) groups excluding carboxylic acids is 1. The largest absolute Gasteiger partial charge is 0.340 e. The van der Waals surface area contributed by atoms with Gasteiger partial charge in [0.1, 0.15) is 33.6 Å². The second kappa shape index (κ2) is 10.1. The second-order valence-electron chi connectivity index (χ2n) is 8.62. The molecule has 3 aromatic heterocycles. The highest BCUT2D eigenvalue weighted by Crippen LogP contribution is 2.31. The van der Waals surface area contributed by atoms with Crippen LogP contribution in [0.3, 0.4) is 0 Å². The summed E-state index contributed by atoms with van der Waals surface area (Å²) in [5, 5.41) is 3.90. The van der Waals surface area contributed by atoms with Crippen LogP contribution in [0.5, 0.6) is 0 Å². The van der Waals surface area contributed by atoms with Gasteiger partial charge in [0.25, 0.3) is 0 Å². The number of pyridine rings is 2. The van der Waals surface area contributed by atoms with Crippen LogP contribution in [-0.4, -0.2) is 63.9 Å². The number of aromatic nitrogens is 3. The van der Waals surface area contributed by atoms with E-state index < -0.39 is 11.6 Å². The average Bonchev–Trinajstić information content (AvgIpc) is 3.25. The zero-order valence-electron chi connectivity index (χ0n) is 19.9. The van der Waals surface area contributed by atoms with Crippen molar-refractivity contribution in [1.82, 2.24) is 24.8 Å². The first kappa shape index (κ1) is 24.0. The summed E-state index contributed by atoms with van der Waals surface area (Å²) in [6, 6.07) is 11.0. The van der Waals surface area contributed by atoms with Crippen molar-refractivity contribution >= 4 is 50.0 Å². The Hall–Kier alpha value is -3.70. The molecule has 0 radical (unpaired) electrons. The lowest BCUT2D eigenvalue weighted by molar-refractivity contribution is -0.130. The highest BCUT2D eigenvalue weighted by Gasteiger charge is 2.19. The molecule has 1 amide bonds. The van der Waals surface area contributed by atoms with Gasteiger partial charge in [0, 0.05) is 59.0 Å². The highest BCUT2D eigenvalue weighted by atomic mass is 32.1. The van der Waals surface area contributed by atoms with E-state index in [1.807, 2.05) is 23.1 Å². The Bertz CT molecular complexity index is 1400. The topological polar surface area (TPSA) is 77.5 Å². The molecule has 1 aliphatic rings. The third-order valence-corrected chi connectivity index (χ3v) is 7.02. The molecule has 0 aliphatic carbocycles. The molecule has 1 saturated heterocycles. The molecular formula is C25H25F2N7OS. The Morgan fingerprint density at radius 3 is 2.64 bits per heavy atom. The molecule has 8 nitrogen and oxygen atoms in total. The molecule has 0 atom stereocenters. The van der Waals surface area contributed by atoms with Gasteiger partial charge in [0.05, 0.1) is 5.69 Å². The minimum absolute atomic E-state index is 0.122. The fourth-order valence-electron chi connectivity index (χ4n) is 4.15. The molecule has 186 valence electrons. The van der Waals surface area contributed by atoms with Crippen LogP contribution in [-0.2, 0) is 11.3 Å². The molecular weight excluding hydrogens is 484 g/mol. The molecule has 4 heterocycles. The van der Waals surface area contributed by atoms with Gasteiger partial charge >= 0.3 is 0 Å². The lowest BCUT2D eigenvalue weighted by Gasteiger charge is -2.34. The quantitative estimate of drug-likeness (QED) is 0.409. The number of piperazine rings is 1. The zero-order valence-corrected chi connectivity index (χ0v) is 20.7. The monoisotopic (exact) mass is 509 g/mol. The smallest absolute Gasteiger partial charge is 0.219 e. The fourth-order valence-corrected chi connectivity index (χ4v) is 4.99. The van der Waals surface area contributed by atoms with E-state index >= 15 is 0 Å². The second-order valence-corrected chi connectivity index (χ2v) is 9.60. The maximum Gasteiger partial charge on any atom is 0.219 e. The van der Waals surface area contributed by atoms with Gasteiger partial charge in [-0.25, -0.2) is 23.7 Å². The Kier molecular flexibility index (Phi) is 6.75. The van der Waals surface area contributed by atoms with Crippen LogP contribution in [0.15, 0.2) is 48.7 Å². The van der Waals surface area contributed by atoms with Crippen molar-refractivity contribution in [2.24, 2.45) is 0 Å². The van der Waals surface area contributed by atoms with Crippen LogP contribution >= 0.6 is 11.3 Å². The van der Waals surface area contributed by atoms with Crippen molar-refractivity contribution in [3.63, 3.8) is 0 Å². The van der Waals surface area contributed by atoms with E-state index in [9.17, 15) is 13.6 Å². The van der Waals surface area contributed by atoms with Gasteiger partial charge < -0.3 is 15.1 Å². The van der Waals surface area contributed by atoms with Crippen molar-refractivity contribution in [2.45, 2.75) is 13.5 Å². The van der Waals surface area contributed by atoms with Gasteiger partial charge in [0.2, 0.25) is 5.91 Å². The van der Waals surface area contributed by atoms with Gasteiger partial charge in [-0.15, -0.1) is 0 Å². The van der Waals surface area contributed by atoms with Crippen LogP contribution in [0, 0.1) is 11.6 Å². The first-order valence-electron chi connectivity index (χ1n) is 11.5. The van der Waals surface area contributed by atoms with Gasteiger partial charge in [-0.05, 0) is 42.0 Å². The first-order valence-corrected chi connectivity index (χ1v) is 12.3. The SMILES string of the molecule is CC(=O)N1CCN(Cc2ccnc(Nc3nc4ccc(N(C)c5ccc(F)cc5F)nc4s3)c2)CC1.